The maximum atomic E-state index is 12.1. The highest BCUT2D eigenvalue weighted by Gasteiger charge is 2.20. The summed E-state index contributed by atoms with van der Waals surface area (Å²) in [5.41, 5.74) is 0.928. The molecule has 2 aromatic rings. The number of carbonyl (C=O) groups is 1. The molecule has 2 heterocycles. The van der Waals surface area contributed by atoms with Crippen LogP contribution in [-0.2, 0) is 14.8 Å². The summed E-state index contributed by atoms with van der Waals surface area (Å²) >= 11 is 0.842. The third-order valence-corrected chi connectivity index (χ3v) is 5.29. The molecule has 0 saturated carbocycles. The third-order valence-electron chi connectivity index (χ3n) is 2.38. The molecule has 6 nitrogen and oxygen atoms in total. The Bertz CT molecular complexity index is 720. The number of nitrogens with zero attached hydrogens (tertiary/aromatic N) is 1. The molecule has 0 bridgehead atoms. The number of methoxy groups -OCH3 is 1. The monoisotopic (exact) mass is 312 g/mol. The minimum atomic E-state index is -3.75. The third kappa shape index (κ3) is 3.14. The lowest BCUT2D eigenvalue weighted by Gasteiger charge is -2.05. The van der Waals surface area contributed by atoms with Crippen molar-refractivity contribution in [1.82, 2.24) is 4.98 Å². The maximum Gasteiger partial charge on any atom is 0.348 e. The summed E-state index contributed by atoms with van der Waals surface area (Å²) in [6.45, 7) is 1.85. The minimum absolute atomic E-state index is 0.0280. The molecule has 0 fully saturated rings. The van der Waals surface area contributed by atoms with Gasteiger partial charge in [0.05, 0.1) is 7.11 Å². The summed E-state index contributed by atoms with van der Waals surface area (Å²) in [7, 11) is -2.51. The minimum Gasteiger partial charge on any atom is -0.465 e. The molecule has 0 aromatic carbocycles. The number of ether oxygens (including phenoxy) is 1. The van der Waals surface area contributed by atoms with E-state index in [9.17, 15) is 13.2 Å². The molecule has 20 heavy (non-hydrogen) atoms. The number of nitrogens with one attached hydrogen (secondary N) is 1. The molecule has 8 heteroatoms. The molecule has 0 spiro atoms. The van der Waals surface area contributed by atoms with Gasteiger partial charge in [-0.25, -0.2) is 18.2 Å². The van der Waals surface area contributed by atoms with Crippen molar-refractivity contribution in [1.29, 1.82) is 0 Å². The van der Waals surface area contributed by atoms with Gasteiger partial charge in [0.15, 0.2) is 0 Å². The smallest absolute Gasteiger partial charge is 0.348 e. The molecule has 0 aliphatic rings. The van der Waals surface area contributed by atoms with Crippen LogP contribution in [0.2, 0.25) is 0 Å². The maximum absolute atomic E-state index is 12.1. The Balaban J connectivity index is 2.24. The molecule has 0 atom stereocenters. The van der Waals surface area contributed by atoms with Crippen LogP contribution in [0.25, 0.3) is 0 Å². The quantitative estimate of drug-likeness (QED) is 0.873. The Kier molecular flexibility index (Phi) is 4.05. The fourth-order valence-electron chi connectivity index (χ4n) is 1.39. The van der Waals surface area contributed by atoms with Crippen molar-refractivity contribution >= 4 is 33.1 Å². The number of hydrogen-bond acceptors (Lipinski definition) is 6. The zero-order chi connectivity index (χ0) is 14.8. The predicted molar refractivity (Wildman–Crippen MR) is 75.4 cm³/mol. The van der Waals surface area contributed by atoms with Crippen molar-refractivity contribution in [3.8, 4) is 0 Å². The van der Waals surface area contributed by atoms with Crippen LogP contribution < -0.4 is 4.72 Å². The van der Waals surface area contributed by atoms with E-state index in [2.05, 4.69) is 14.4 Å². The summed E-state index contributed by atoms with van der Waals surface area (Å²) in [5.74, 6) is -0.339. The lowest BCUT2D eigenvalue weighted by molar-refractivity contribution is 0.0606. The molecule has 2 aromatic heterocycles. The van der Waals surface area contributed by atoms with Crippen molar-refractivity contribution in [2.45, 2.75) is 11.1 Å². The Morgan fingerprint density at radius 1 is 1.30 bits per heavy atom. The van der Waals surface area contributed by atoms with E-state index in [0.717, 1.165) is 16.9 Å². The van der Waals surface area contributed by atoms with Crippen molar-refractivity contribution in [3.63, 3.8) is 0 Å². The van der Waals surface area contributed by atoms with Crippen LogP contribution in [0, 0.1) is 6.92 Å². The van der Waals surface area contributed by atoms with Gasteiger partial charge in [-0.3, -0.25) is 4.72 Å². The first-order valence-electron chi connectivity index (χ1n) is 5.56. The van der Waals surface area contributed by atoms with E-state index in [-0.39, 0.29) is 14.9 Å². The topological polar surface area (TPSA) is 85.4 Å². The summed E-state index contributed by atoms with van der Waals surface area (Å²) in [5, 5.41) is 0. The van der Waals surface area contributed by atoms with E-state index in [1.807, 2.05) is 6.92 Å². The predicted octanol–water partition coefficient (Wildman–Crippen LogP) is 2.04. The SMILES string of the molecule is COC(=O)c1ccc(S(=O)(=O)Nc2ccc(C)cn2)s1. The first kappa shape index (κ1) is 14.5. The summed E-state index contributed by atoms with van der Waals surface area (Å²) in [4.78, 5) is 15.5. The zero-order valence-corrected chi connectivity index (χ0v) is 12.4. The lowest BCUT2D eigenvalue weighted by Crippen LogP contribution is -2.12. The molecule has 2 rings (SSSR count). The number of aryl methyl sites for hydroxylation is 1. The molecular weight excluding hydrogens is 300 g/mol. The van der Waals surface area contributed by atoms with E-state index in [1.54, 1.807) is 18.3 Å². The van der Waals surface area contributed by atoms with Crippen LogP contribution in [0.15, 0.2) is 34.7 Å². The van der Waals surface area contributed by atoms with Crippen LogP contribution in [-0.4, -0.2) is 26.5 Å². The number of thiophene rings is 1. The number of hydrogen-bond donors (Lipinski definition) is 1. The fourth-order valence-corrected chi connectivity index (χ4v) is 3.62. The van der Waals surface area contributed by atoms with Gasteiger partial charge in [0.25, 0.3) is 10.0 Å². The van der Waals surface area contributed by atoms with E-state index in [0.29, 0.717) is 0 Å². The summed E-state index contributed by atoms with van der Waals surface area (Å²) in [6.07, 6.45) is 1.56. The van der Waals surface area contributed by atoms with Crippen LogP contribution in [0.4, 0.5) is 5.82 Å². The zero-order valence-electron chi connectivity index (χ0n) is 10.8. The molecule has 106 valence electrons. The number of carbonyl (C=O) groups excluding carboxylic acids is 1. The van der Waals surface area contributed by atoms with Gasteiger partial charge < -0.3 is 4.74 Å². The van der Waals surface area contributed by atoms with Gasteiger partial charge in [0, 0.05) is 6.20 Å². The standard InChI is InChI=1S/C12H12N2O4S2/c1-8-3-5-10(13-7-8)14-20(16,17)11-6-4-9(19-11)12(15)18-2/h3-7H,1-2H3,(H,13,14). The summed E-state index contributed by atoms with van der Waals surface area (Å²) in [6, 6.07) is 6.09. The van der Waals surface area contributed by atoms with Gasteiger partial charge in [-0.2, -0.15) is 0 Å². The number of rotatable bonds is 4. The van der Waals surface area contributed by atoms with Gasteiger partial charge in [0.2, 0.25) is 0 Å². The summed E-state index contributed by atoms with van der Waals surface area (Å²) < 4.78 is 31.2. The van der Waals surface area contributed by atoms with Crippen LogP contribution >= 0.6 is 11.3 Å². The average molecular weight is 312 g/mol. The van der Waals surface area contributed by atoms with Crippen molar-refractivity contribution in [2.24, 2.45) is 0 Å². The number of sulfonamides is 1. The Hall–Kier alpha value is -1.93. The highest BCUT2D eigenvalue weighted by molar-refractivity contribution is 7.94. The van der Waals surface area contributed by atoms with E-state index < -0.39 is 16.0 Å². The van der Waals surface area contributed by atoms with Gasteiger partial charge in [-0.1, -0.05) is 6.07 Å². The molecule has 0 radical (unpaired) electrons. The Morgan fingerprint density at radius 3 is 2.65 bits per heavy atom. The number of anilines is 1. The van der Waals surface area contributed by atoms with Crippen molar-refractivity contribution in [2.75, 3.05) is 11.8 Å². The Labute approximate surface area is 120 Å². The van der Waals surface area contributed by atoms with Crippen LogP contribution in [0.3, 0.4) is 0 Å². The van der Waals surface area contributed by atoms with Crippen molar-refractivity contribution in [3.05, 3.63) is 40.9 Å². The fraction of sp³-hybridized carbons (Fsp3) is 0.167. The first-order valence-corrected chi connectivity index (χ1v) is 7.86. The van der Waals surface area contributed by atoms with Crippen LogP contribution in [0.1, 0.15) is 15.2 Å². The highest BCUT2D eigenvalue weighted by atomic mass is 32.2. The number of pyridine rings is 1. The van der Waals surface area contributed by atoms with Crippen molar-refractivity contribution < 1.29 is 17.9 Å². The molecule has 1 N–H and O–H groups in total. The highest BCUT2D eigenvalue weighted by Crippen LogP contribution is 2.24. The second kappa shape index (κ2) is 5.59. The lowest BCUT2D eigenvalue weighted by atomic mass is 10.3. The van der Waals surface area contributed by atoms with Gasteiger partial charge in [-0.05, 0) is 30.7 Å². The normalized spacial score (nSPS) is 11.1. The second-order valence-corrected chi connectivity index (χ2v) is 6.93. The molecule has 0 aliphatic heterocycles. The number of esters is 1. The van der Waals surface area contributed by atoms with Crippen LogP contribution in [0.5, 0.6) is 0 Å². The van der Waals surface area contributed by atoms with E-state index >= 15 is 0 Å². The van der Waals surface area contributed by atoms with E-state index in [1.165, 1.54) is 19.2 Å². The first-order chi connectivity index (χ1) is 9.42. The molecular formula is C12H12N2O4S2. The van der Waals surface area contributed by atoms with Gasteiger partial charge >= 0.3 is 5.97 Å². The largest absolute Gasteiger partial charge is 0.465 e. The Morgan fingerprint density at radius 2 is 2.05 bits per heavy atom. The molecule has 0 amide bonds. The number of aromatic nitrogens is 1. The second-order valence-electron chi connectivity index (χ2n) is 3.94. The average Bonchev–Trinajstić information content (AvgIpc) is 2.91. The van der Waals surface area contributed by atoms with Gasteiger partial charge in [0.1, 0.15) is 14.9 Å². The van der Waals surface area contributed by atoms with E-state index in [4.69, 9.17) is 0 Å². The van der Waals surface area contributed by atoms with Gasteiger partial charge in [-0.15, -0.1) is 11.3 Å². The molecule has 0 saturated heterocycles. The molecule has 0 aliphatic carbocycles. The molecule has 0 unspecified atom stereocenters.